The van der Waals surface area contributed by atoms with Gasteiger partial charge in [-0.3, -0.25) is 0 Å². The number of thiophene rings is 1. The highest BCUT2D eigenvalue weighted by atomic mass is 32.2. The van der Waals surface area contributed by atoms with Gasteiger partial charge in [0.15, 0.2) is 0 Å². The van der Waals surface area contributed by atoms with Crippen molar-refractivity contribution in [1.82, 2.24) is 9.97 Å². The standard InChI is InChI=1S/C12H18N4S2/c1-4-8(7-17-3)16(2)10-9-5-6-18-11(9)15-12(13)14-10/h5-6,8H,4,7H2,1-3H3,(H2,13,14,15). The van der Waals surface area contributed by atoms with Gasteiger partial charge in [0.25, 0.3) is 0 Å². The number of fused-ring (bicyclic) bond motifs is 1. The fraction of sp³-hybridized carbons (Fsp3) is 0.500. The summed E-state index contributed by atoms with van der Waals surface area (Å²) in [6, 6.07) is 2.54. The minimum atomic E-state index is 0.353. The molecule has 0 aliphatic heterocycles. The minimum absolute atomic E-state index is 0.353. The van der Waals surface area contributed by atoms with Crippen molar-refractivity contribution in [2.75, 3.05) is 29.7 Å². The summed E-state index contributed by atoms with van der Waals surface area (Å²) >= 11 is 3.46. The Morgan fingerprint density at radius 2 is 2.28 bits per heavy atom. The lowest BCUT2D eigenvalue weighted by molar-refractivity contribution is 0.668. The summed E-state index contributed by atoms with van der Waals surface area (Å²) < 4.78 is 0. The van der Waals surface area contributed by atoms with Crippen molar-refractivity contribution < 1.29 is 0 Å². The summed E-state index contributed by atoms with van der Waals surface area (Å²) in [4.78, 5) is 11.9. The lowest BCUT2D eigenvalue weighted by Gasteiger charge is -2.28. The molecular weight excluding hydrogens is 264 g/mol. The molecule has 0 fully saturated rings. The van der Waals surface area contributed by atoms with Crippen LogP contribution in [0.3, 0.4) is 0 Å². The average Bonchev–Trinajstić information content (AvgIpc) is 2.82. The van der Waals surface area contributed by atoms with Gasteiger partial charge in [0, 0.05) is 18.8 Å². The Morgan fingerprint density at radius 1 is 1.50 bits per heavy atom. The molecule has 0 saturated heterocycles. The number of aromatic nitrogens is 2. The van der Waals surface area contributed by atoms with Gasteiger partial charge < -0.3 is 10.6 Å². The highest BCUT2D eigenvalue weighted by molar-refractivity contribution is 7.98. The van der Waals surface area contributed by atoms with Crippen molar-refractivity contribution in [1.29, 1.82) is 0 Å². The largest absolute Gasteiger partial charge is 0.368 e. The third-order valence-electron chi connectivity index (χ3n) is 3.03. The van der Waals surface area contributed by atoms with Crippen molar-refractivity contribution in [3.63, 3.8) is 0 Å². The fourth-order valence-electron chi connectivity index (χ4n) is 1.99. The van der Waals surface area contributed by atoms with E-state index in [9.17, 15) is 0 Å². The first kappa shape index (κ1) is 13.4. The van der Waals surface area contributed by atoms with Gasteiger partial charge in [-0.1, -0.05) is 6.92 Å². The molecule has 0 amide bonds. The molecule has 2 rings (SSSR count). The zero-order chi connectivity index (χ0) is 13.1. The van der Waals surface area contributed by atoms with Gasteiger partial charge in [-0.15, -0.1) is 11.3 Å². The Bertz CT molecular complexity index is 526. The molecule has 0 bridgehead atoms. The molecule has 0 saturated carbocycles. The second kappa shape index (κ2) is 5.75. The van der Waals surface area contributed by atoms with Gasteiger partial charge in [0.2, 0.25) is 5.95 Å². The van der Waals surface area contributed by atoms with Crippen molar-refractivity contribution in [3.8, 4) is 0 Å². The van der Waals surface area contributed by atoms with Crippen LogP contribution < -0.4 is 10.6 Å². The SMILES string of the molecule is CCC(CSC)N(C)c1nc(N)nc2sccc12. The van der Waals surface area contributed by atoms with Crippen LogP contribution in [0.1, 0.15) is 13.3 Å². The molecule has 1 atom stereocenters. The lowest BCUT2D eigenvalue weighted by atomic mass is 10.2. The van der Waals surface area contributed by atoms with Crippen LogP contribution in [0.15, 0.2) is 11.4 Å². The molecule has 2 aromatic rings. The topological polar surface area (TPSA) is 55.0 Å². The summed E-state index contributed by atoms with van der Waals surface area (Å²) in [5.41, 5.74) is 5.79. The van der Waals surface area contributed by atoms with Gasteiger partial charge in [-0.2, -0.15) is 16.7 Å². The first-order valence-electron chi connectivity index (χ1n) is 5.89. The molecule has 0 aromatic carbocycles. The van der Waals surface area contributed by atoms with E-state index in [1.807, 2.05) is 17.1 Å². The van der Waals surface area contributed by atoms with E-state index in [0.29, 0.717) is 12.0 Å². The Kier molecular flexibility index (Phi) is 4.29. The van der Waals surface area contributed by atoms with Gasteiger partial charge in [0.1, 0.15) is 10.6 Å². The zero-order valence-electron chi connectivity index (χ0n) is 10.9. The van der Waals surface area contributed by atoms with Crippen LogP contribution >= 0.6 is 23.1 Å². The van der Waals surface area contributed by atoms with Crippen LogP contribution in [-0.4, -0.2) is 35.1 Å². The van der Waals surface area contributed by atoms with E-state index in [2.05, 4.69) is 41.2 Å². The smallest absolute Gasteiger partial charge is 0.223 e. The first-order chi connectivity index (χ1) is 8.67. The average molecular weight is 282 g/mol. The van der Waals surface area contributed by atoms with E-state index in [1.165, 1.54) is 0 Å². The Morgan fingerprint density at radius 3 is 2.94 bits per heavy atom. The molecule has 98 valence electrons. The molecule has 0 aliphatic carbocycles. The predicted molar refractivity (Wildman–Crippen MR) is 82.7 cm³/mol. The Balaban J connectivity index is 2.42. The summed E-state index contributed by atoms with van der Waals surface area (Å²) in [6.07, 6.45) is 3.22. The molecule has 0 spiro atoms. The molecule has 1 unspecified atom stereocenters. The second-order valence-electron chi connectivity index (χ2n) is 4.17. The molecule has 18 heavy (non-hydrogen) atoms. The van der Waals surface area contributed by atoms with E-state index in [1.54, 1.807) is 11.3 Å². The van der Waals surface area contributed by atoms with Crippen LogP contribution in [0, 0.1) is 0 Å². The lowest BCUT2D eigenvalue weighted by Crippen LogP contribution is -2.34. The predicted octanol–water partition coefficient (Wildman–Crippen LogP) is 2.85. The molecule has 2 heterocycles. The molecular formula is C12H18N4S2. The van der Waals surface area contributed by atoms with Crippen LogP contribution in [0.5, 0.6) is 0 Å². The van der Waals surface area contributed by atoms with Crippen LogP contribution in [0.25, 0.3) is 10.2 Å². The minimum Gasteiger partial charge on any atom is -0.368 e. The number of hydrogen-bond donors (Lipinski definition) is 1. The maximum atomic E-state index is 5.79. The van der Waals surface area contributed by atoms with Crippen molar-refractivity contribution in [2.24, 2.45) is 0 Å². The van der Waals surface area contributed by atoms with Crippen LogP contribution in [0.2, 0.25) is 0 Å². The van der Waals surface area contributed by atoms with E-state index in [4.69, 9.17) is 5.73 Å². The van der Waals surface area contributed by atoms with E-state index in [0.717, 1.165) is 28.2 Å². The molecule has 6 heteroatoms. The normalized spacial score (nSPS) is 12.8. The number of thioether (sulfide) groups is 1. The molecule has 4 nitrogen and oxygen atoms in total. The number of nitrogens with zero attached hydrogens (tertiary/aromatic N) is 3. The third kappa shape index (κ3) is 2.54. The number of anilines is 2. The highest BCUT2D eigenvalue weighted by Gasteiger charge is 2.18. The second-order valence-corrected chi connectivity index (χ2v) is 5.98. The van der Waals surface area contributed by atoms with E-state index >= 15 is 0 Å². The number of nitrogens with two attached hydrogens (primary N) is 1. The number of nitrogen functional groups attached to an aromatic ring is 1. The van der Waals surface area contributed by atoms with E-state index < -0.39 is 0 Å². The quantitative estimate of drug-likeness (QED) is 0.914. The maximum absolute atomic E-state index is 5.79. The van der Waals surface area contributed by atoms with Gasteiger partial charge in [0.05, 0.1) is 5.39 Å². The molecule has 2 N–H and O–H groups in total. The maximum Gasteiger partial charge on any atom is 0.223 e. The van der Waals surface area contributed by atoms with Crippen LogP contribution in [0.4, 0.5) is 11.8 Å². The van der Waals surface area contributed by atoms with Crippen molar-refractivity contribution in [2.45, 2.75) is 19.4 Å². The monoisotopic (exact) mass is 282 g/mol. The molecule has 2 aromatic heterocycles. The Hall–Kier alpha value is -1.01. The molecule has 0 radical (unpaired) electrons. The summed E-state index contributed by atoms with van der Waals surface area (Å²) in [7, 11) is 2.09. The fourth-order valence-corrected chi connectivity index (χ4v) is 3.60. The highest BCUT2D eigenvalue weighted by Crippen LogP contribution is 2.29. The zero-order valence-corrected chi connectivity index (χ0v) is 12.5. The molecule has 0 aliphatic rings. The van der Waals surface area contributed by atoms with Gasteiger partial charge >= 0.3 is 0 Å². The van der Waals surface area contributed by atoms with E-state index in [-0.39, 0.29) is 0 Å². The Labute approximate surface area is 116 Å². The summed E-state index contributed by atoms with van der Waals surface area (Å²) in [6.45, 7) is 2.20. The number of rotatable bonds is 5. The van der Waals surface area contributed by atoms with Crippen molar-refractivity contribution >= 4 is 45.1 Å². The van der Waals surface area contributed by atoms with Gasteiger partial charge in [-0.05, 0) is 24.1 Å². The van der Waals surface area contributed by atoms with Crippen molar-refractivity contribution in [3.05, 3.63) is 11.4 Å². The van der Waals surface area contributed by atoms with Gasteiger partial charge in [-0.25, -0.2) is 4.98 Å². The number of hydrogen-bond acceptors (Lipinski definition) is 6. The summed E-state index contributed by atoms with van der Waals surface area (Å²) in [5, 5.41) is 3.13. The van der Waals surface area contributed by atoms with Crippen LogP contribution in [-0.2, 0) is 0 Å². The first-order valence-corrected chi connectivity index (χ1v) is 8.17. The third-order valence-corrected chi connectivity index (χ3v) is 4.56. The summed E-state index contributed by atoms with van der Waals surface area (Å²) in [5.74, 6) is 2.38.